The number of likely N-dealkylation sites (tertiary alicyclic amines) is 2. The number of halogens is 3. The van der Waals surface area contributed by atoms with E-state index in [2.05, 4.69) is 15.9 Å². The largest absolute Gasteiger partial charge is 0.508 e. The number of phenolic OH excluding ortho intramolecular Hbond substituents is 1. The van der Waals surface area contributed by atoms with Crippen LogP contribution < -0.4 is 9.47 Å². The van der Waals surface area contributed by atoms with Gasteiger partial charge in [0, 0.05) is 30.2 Å². The number of amides is 4. The first-order valence-corrected chi connectivity index (χ1v) is 14.2. The predicted octanol–water partition coefficient (Wildman–Crippen LogP) is 3.53. The van der Waals surface area contributed by atoms with E-state index in [0.29, 0.717) is 24.1 Å². The number of carbonyl (C=O) groups is 4. The third kappa shape index (κ3) is 3.35. The molecule has 2 saturated heterocycles. The Labute approximate surface area is 238 Å². The number of methoxy groups -OCH3 is 2. The molecule has 2 aliphatic heterocycles. The second kappa shape index (κ2) is 9.41. The van der Waals surface area contributed by atoms with Crippen LogP contribution in [0, 0.1) is 17.8 Å². The average molecular weight is 630 g/mol. The highest BCUT2D eigenvalue weighted by Gasteiger charge is 2.76. The number of ether oxygens (including phenoxy) is 2. The lowest BCUT2D eigenvalue weighted by atomic mass is 9.56. The highest BCUT2D eigenvalue weighted by Crippen LogP contribution is 2.67. The predicted molar refractivity (Wildman–Crippen MR) is 142 cm³/mol. The number of benzene rings is 1. The SMILES string of the molecule is CCCN1C(=O)[C@H]2[C@H](CC=C3[C@H]2C[C@@]2(Cl)C(=O)N(CBr)C(=O)[C@@]2(Cl)[C@H]3c2c(OC)cc(O)cc2OC)C1=O. The van der Waals surface area contributed by atoms with Gasteiger partial charge in [0.1, 0.15) is 17.2 Å². The van der Waals surface area contributed by atoms with Crippen molar-refractivity contribution in [1.82, 2.24) is 9.80 Å². The molecule has 38 heavy (non-hydrogen) atoms. The van der Waals surface area contributed by atoms with Crippen LogP contribution in [-0.2, 0) is 19.2 Å². The normalized spacial score (nSPS) is 34.2. The van der Waals surface area contributed by atoms with E-state index in [0.717, 1.165) is 4.90 Å². The summed E-state index contributed by atoms with van der Waals surface area (Å²) in [5.74, 6) is -4.75. The van der Waals surface area contributed by atoms with Gasteiger partial charge in [0.2, 0.25) is 11.8 Å². The Morgan fingerprint density at radius 1 is 1.03 bits per heavy atom. The quantitative estimate of drug-likeness (QED) is 0.222. The molecule has 0 bridgehead atoms. The molecule has 4 amide bonds. The number of hydrogen-bond acceptors (Lipinski definition) is 7. The van der Waals surface area contributed by atoms with Gasteiger partial charge in [-0.3, -0.25) is 29.0 Å². The minimum atomic E-state index is -2.00. The summed E-state index contributed by atoms with van der Waals surface area (Å²) in [6, 6.07) is 2.72. The molecule has 0 aromatic heterocycles. The average Bonchev–Trinajstić information content (AvgIpc) is 3.22. The molecule has 9 nitrogen and oxygen atoms in total. The van der Waals surface area contributed by atoms with Crippen molar-refractivity contribution in [3.63, 3.8) is 0 Å². The summed E-state index contributed by atoms with van der Waals surface area (Å²) in [5.41, 5.74) is 0.820. The van der Waals surface area contributed by atoms with Crippen LogP contribution >= 0.6 is 39.1 Å². The van der Waals surface area contributed by atoms with Gasteiger partial charge in [-0.05, 0) is 25.2 Å². The highest BCUT2D eigenvalue weighted by atomic mass is 79.9. The van der Waals surface area contributed by atoms with Crippen molar-refractivity contribution in [2.45, 2.75) is 41.9 Å². The van der Waals surface area contributed by atoms with Crippen LogP contribution in [0.5, 0.6) is 17.2 Å². The van der Waals surface area contributed by atoms with Crippen molar-refractivity contribution in [2.75, 3.05) is 26.2 Å². The lowest BCUT2D eigenvalue weighted by Crippen LogP contribution is -2.60. The molecule has 3 fully saturated rings. The molecule has 2 aliphatic carbocycles. The summed E-state index contributed by atoms with van der Waals surface area (Å²) in [4.78, 5) is 52.7. The molecule has 1 N–H and O–H groups in total. The Kier molecular flexibility index (Phi) is 6.76. The Hall–Kier alpha value is -2.30. The molecule has 0 radical (unpaired) electrons. The summed E-state index contributed by atoms with van der Waals surface area (Å²) in [6.07, 6.45) is 2.63. The monoisotopic (exact) mass is 628 g/mol. The van der Waals surface area contributed by atoms with E-state index in [4.69, 9.17) is 32.7 Å². The molecule has 6 atom stereocenters. The maximum absolute atomic E-state index is 13.9. The molecule has 4 aliphatic rings. The molecule has 0 spiro atoms. The van der Waals surface area contributed by atoms with E-state index in [1.165, 1.54) is 31.3 Å². The molecule has 12 heteroatoms. The van der Waals surface area contributed by atoms with E-state index >= 15 is 0 Å². The first-order valence-electron chi connectivity index (χ1n) is 12.3. The fourth-order valence-corrected chi connectivity index (χ4v) is 8.20. The van der Waals surface area contributed by atoms with Crippen molar-refractivity contribution in [2.24, 2.45) is 17.8 Å². The third-order valence-electron chi connectivity index (χ3n) is 8.37. The van der Waals surface area contributed by atoms with Gasteiger partial charge >= 0.3 is 0 Å². The zero-order valence-electron chi connectivity index (χ0n) is 21.0. The molecule has 1 saturated carbocycles. The van der Waals surface area contributed by atoms with Crippen LogP contribution in [0.2, 0.25) is 0 Å². The fraction of sp³-hybridized carbons (Fsp3) is 0.538. The van der Waals surface area contributed by atoms with Crippen LogP contribution in [0.1, 0.15) is 37.7 Å². The second-order valence-electron chi connectivity index (χ2n) is 10.1. The maximum atomic E-state index is 13.9. The van der Waals surface area contributed by atoms with Crippen molar-refractivity contribution in [3.05, 3.63) is 29.3 Å². The number of nitrogens with zero attached hydrogens (tertiary/aromatic N) is 2. The molecule has 1 aromatic carbocycles. The second-order valence-corrected chi connectivity index (χ2v) is 11.8. The van der Waals surface area contributed by atoms with Gasteiger partial charge in [-0.1, -0.05) is 34.5 Å². The van der Waals surface area contributed by atoms with Gasteiger partial charge in [0.05, 0.1) is 31.5 Å². The van der Waals surface area contributed by atoms with Crippen LogP contribution in [0.25, 0.3) is 0 Å². The number of alkyl halides is 3. The smallest absolute Gasteiger partial charge is 0.254 e. The zero-order valence-corrected chi connectivity index (χ0v) is 24.1. The summed E-state index contributed by atoms with van der Waals surface area (Å²) < 4.78 is 11.2. The van der Waals surface area contributed by atoms with Crippen molar-refractivity contribution in [1.29, 1.82) is 0 Å². The molecular weight excluding hydrogens is 603 g/mol. The minimum absolute atomic E-state index is 0.0999. The van der Waals surface area contributed by atoms with Crippen LogP contribution in [0.4, 0.5) is 0 Å². The number of allylic oxidation sites excluding steroid dienone is 2. The lowest BCUT2D eigenvalue weighted by molar-refractivity contribution is -0.141. The van der Waals surface area contributed by atoms with Gasteiger partial charge in [0.15, 0.2) is 9.75 Å². The first kappa shape index (κ1) is 27.3. The van der Waals surface area contributed by atoms with Crippen molar-refractivity contribution >= 4 is 62.8 Å². The Morgan fingerprint density at radius 3 is 2.21 bits per heavy atom. The van der Waals surface area contributed by atoms with Crippen LogP contribution in [0.15, 0.2) is 23.8 Å². The summed E-state index contributed by atoms with van der Waals surface area (Å²) in [7, 11) is 2.79. The Balaban J connectivity index is 1.79. The number of phenols is 1. The first-order chi connectivity index (χ1) is 18.0. The molecule has 1 aromatic rings. The number of imide groups is 2. The third-order valence-corrected chi connectivity index (χ3v) is 10.3. The number of carbonyl (C=O) groups excluding carboxylic acids is 4. The van der Waals surface area contributed by atoms with Crippen LogP contribution in [-0.4, -0.2) is 74.5 Å². The van der Waals surface area contributed by atoms with E-state index in [9.17, 15) is 24.3 Å². The van der Waals surface area contributed by atoms with Gasteiger partial charge in [0.25, 0.3) is 11.8 Å². The zero-order chi connectivity index (χ0) is 27.7. The van der Waals surface area contributed by atoms with E-state index in [1.54, 1.807) is 0 Å². The maximum Gasteiger partial charge on any atom is 0.254 e. The number of hydrogen-bond donors (Lipinski definition) is 1. The standard InChI is InChI=1S/C26H27BrCl2N2O7/c1-4-7-30-21(33)14-6-5-13-15(18(14)22(30)34)10-25(28)23(35)31(11-27)24(36)26(25,29)20(13)19-16(37-2)8-12(32)9-17(19)38-3/h5,8-9,14-15,18,20,32H,4,6-7,10-11H2,1-3H3/t14-,15+,18-,20+,25+,26-/m0/s1. The lowest BCUT2D eigenvalue weighted by Gasteiger charge is -2.51. The summed E-state index contributed by atoms with van der Waals surface area (Å²) >= 11 is 17.7. The van der Waals surface area contributed by atoms with E-state index in [1.807, 2.05) is 13.0 Å². The van der Waals surface area contributed by atoms with Gasteiger partial charge in [-0.25, -0.2) is 0 Å². The number of rotatable bonds is 6. The molecule has 204 valence electrons. The number of fused-ring (bicyclic) bond motifs is 4. The Morgan fingerprint density at radius 2 is 1.66 bits per heavy atom. The summed E-state index contributed by atoms with van der Waals surface area (Å²) in [6.45, 7) is 2.19. The molecule has 0 unspecified atom stereocenters. The number of aromatic hydroxyl groups is 1. The highest BCUT2D eigenvalue weighted by molar-refractivity contribution is 9.09. The van der Waals surface area contributed by atoms with E-state index < -0.39 is 45.2 Å². The van der Waals surface area contributed by atoms with Gasteiger partial charge in [-0.2, -0.15) is 0 Å². The Bertz CT molecular complexity index is 1260. The van der Waals surface area contributed by atoms with Gasteiger partial charge in [-0.15, -0.1) is 23.2 Å². The van der Waals surface area contributed by atoms with Gasteiger partial charge < -0.3 is 14.6 Å². The van der Waals surface area contributed by atoms with Crippen LogP contribution in [0.3, 0.4) is 0 Å². The van der Waals surface area contributed by atoms with Crippen molar-refractivity contribution < 1.29 is 33.8 Å². The topological polar surface area (TPSA) is 113 Å². The minimum Gasteiger partial charge on any atom is -0.508 e. The summed E-state index contributed by atoms with van der Waals surface area (Å²) in [5, 5.41) is 10.3. The molecule has 2 heterocycles. The van der Waals surface area contributed by atoms with Crippen molar-refractivity contribution in [3.8, 4) is 17.2 Å². The molecular formula is C26H27BrCl2N2O7. The molecule has 5 rings (SSSR count). The van der Waals surface area contributed by atoms with E-state index in [-0.39, 0.29) is 47.4 Å². The fourth-order valence-electron chi connectivity index (χ4n) is 6.79.